The maximum atomic E-state index is 5.58. The maximum absolute atomic E-state index is 5.58. The molecule has 3 N–H and O–H groups in total. The van der Waals surface area contributed by atoms with Crippen LogP contribution in [-0.4, -0.2) is 23.3 Å². The highest BCUT2D eigenvalue weighted by Gasteiger charge is 1.98. The molecule has 0 aliphatic carbocycles. The minimum Gasteiger partial charge on any atom is -0.492 e. The lowest BCUT2D eigenvalue weighted by Gasteiger charge is -2.06. The van der Waals surface area contributed by atoms with Crippen molar-refractivity contribution in [2.24, 2.45) is 0 Å². The van der Waals surface area contributed by atoms with Crippen LogP contribution < -0.4 is 15.8 Å². The molecule has 1 heterocycles. The lowest BCUT2D eigenvalue weighted by molar-refractivity contribution is 0.333. The Kier molecular flexibility index (Phi) is 3.77. The number of rotatable bonds is 5. The van der Waals surface area contributed by atoms with E-state index < -0.39 is 0 Å². The number of anilines is 2. The summed E-state index contributed by atoms with van der Waals surface area (Å²) in [6, 6.07) is 7.34. The van der Waals surface area contributed by atoms with Crippen molar-refractivity contribution in [1.29, 1.82) is 0 Å². The molecule has 5 nitrogen and oxygen atoms in total. The predicted molar refractivity (Wildman–Crippen MR) is 69.5 cm³/mol. The van der Waals surface area contributed by atoms with Crippen molar-refractivity contribution in [1.82, 2.24) is 10.2 Å². The predicted octanol–water partition coefficient (Wildman–Crippen LogP) is 1.92. The molecular formula is C11H14N4OS. The van der Waals surface area contributed by atoms with Crippen molar-refractivity contribution in [3.63, 3.8) is 0 Å². The largest absolute Gasteiger partial charge is 0.492 e. The lowest BCUT2D eigenvalue weighted by Crippen LogP contribution is -2.11. The Morgan fingerprint density at radius 3 is 2.71 bits per heavy atom. The van der Waals surface area contributed by atoms with Crippen molar-refractivity contribution < 1.29 is 4.74 Å². The zero-order chi connectivity index (χ0) is 12.1. The van der Waals surface area contributed by atoms with Crippen molar-refractivity contribution in [2.45, 2.75) is 6.92 Å². The van der Waals surface area contributed by atoms with Gasteiger partial charge >= 0.3 is 0 Å². The first-order valence-electron chi connectivity index (χ1n) is 5.26. The Hall–Kier alpha value is -1.82. The molecule has 1 aromatic heterocycles. The van der Waals surface area contributed by atoms with E-state index in [1.807, 2.05) is 31.2 Å². The van der Waals surface area contributed by atoms with E-state index in [0.717, 1.165) is 21.6 Å². The number of nitrogen functional groups attached to an aromatic ring is 1. The van der Waals surface area contributed by atoms with Crippen LogP contribution in [0.1, 0.15) is 5.01 Å². The van der Waals surface area contributed by atoms with Crippen LogP contribution >= 0.6 is 11.3 Å². The highest BCUT2D eigenvalue weighted by atomic mass is 32.1. The Bertz CT molecular complexity index is 469. The number of nitrogens with two attached hydrogens (primary N) is 1. The lowest BCUT2D eigenvalue weighted by atomic mass is 10.3. The van der Waals surface area contributed by atoms with E-state index in [0.29, 0.717) is 13.2 Å². The van der Waals surface area contributed by atoms with Gasteiger partial charge in [-0.25, -0.2) is 0 Å². The normalized spacial score (nSPS) is 10.2. The van der Waals surface area contributed by atoms with Gasteiger partial charge in [-0.2, -0.15) is 0 Å². The van der Waals surface area contributed by atoms with E-state index >= 15 is 0 Å². The average molecular weight is 250 g/mol. The average Bonchev–Trinajstić information content (AvgIpc) is 2.73. The van der Waals surface area contributed by atoms with Crippen LogP contribution in [0.25, 0.3) is 0 Å². The fraction of sp³-hybridized carbons (Fsp3) is 0.273. The summed E-state index contributed by atoms with van der Waals surface area (Å²) in [5.74, 6) is 0.814. The summed E-state index contributed by atoms with van der Waals surface area (Å²) in [7, 11) is 0. The molecule has 1 aromatic carbocycles. The molecular weight excluding hydrogens is 236 g/mol. The zero-order valence-electron chi connectivity index (χ0n) is 9.51. The molecule has 0 radical (unpaired) electrons. The number of nitrogens with one attached hydrogen (secondary N) is 1. The number of aryl methyl sites for hydroxylation is 1. The van der Waals surface area contributed by atoms with Gasteiger partial charge in [-0.05, 0) is 31.2 Å². The van der Waals surface area contributed by atoms with Gasteiger partial charge < -0.3 is 15.8 Å². The van der Waals surface area contributed by atoms with Crippen LogP contribution in [0.2, 0.25) is 0 Å². The molecule has 90 valence electrons. The van der Waals surface area contributed by atoms with E-state index in [2.05, 4.69) is 15.5 Å². The molecule has 0 spiro atoms. The number of nitrogens with zero attached hydrogens (tertiary/aromatic N) is 2. The SMILES string of the molecule is Cc1nnc(NCCOc2ccc(N)cc2)s1. The molecule has 0 unspecified atom stereocenters. The van der Waals surface area contributed by atoms with E-state index in [-0.39, 0.29) is 0 Å². The topological polar surface area (TPSA) is 73.1 Å². The minimum atomic E-state index is 0.572. The molecule has 0 fully saturated rings. The van der Waals surface area contributed by atoms with Gasteiger partial charge in [0.05, 0.1) is 6.54 Å². The quantitative estimate of drug-likeness (QED) is 0.626. The van der Waals surface area contributed by atoms with Crippen LogP contribution in [0.4, 0.5) is 10.8 Å². The summed E-state index contributed by atoms with van der Waals surface area (Å²) in [6.45, 7) is 3.19. The van der Waals surface area contributed by atoms with Gasteiger partial charge in [0.2, 0.25) is 5.13 Å². The van der Waals surface area contributed by atoms with Gasteiger partial charge in [0.25, 0.3) is 0 Å². The number of hydrogen-bond donors (Lipinski definition) is 2. The summed E-state index contributed by atoms with van der Waals surface area (Å²) < 4.78 is 5.53. The first-order chi connectivity index (χ1) is 8.24. The van der Waals surface area contributed by atoms with Gasteiger partial charge in [-0.3, -0.25) is 0 Å². The summed E-state index contributed by atoms with van der Waals surface area (Å²) in [5, 5.41) is 12.8. The van der Waals surface area contributed by atoms with Crippen LogP contribution in [0.3, 0.4) is 0 Å². The molecule has 0 bridgehead atoms. The molecule has 0 amide bonds. The van der Waals surface area contributed by atoms with E-state index in [9.17, 15) is 0 Å². The fourth-order valence-corrected chi connectivity index (χ4v) is 1.88. The van der Waals surface area contributed by atoms with Crippen LogP contribution in [0.5, 0.6) is 5.75 Å². The molecule has 0 saturated carbocycles. The monoisotopic (exact) mass is 250 g/mol. The fourth-order valence-electron chi connectivity index (χ4n) is 1.26. The van der Waals surface area contributed by atoms with E-state index in [4.69, 9.17) is 10.5 Å². The Morgan fingerprint density at radius 2 is 2.06 bits per heavy atom. The van der Waals surface area contributed by atoms with Gasteiger partial charge in [-0.15, -0.1) is 10.2 Å². The third kappa shape index (κ3) is 3.60. The minimum absolute atomic E-state index is 0.572. The Labute approximate surface area is 104 Å². The number of aromatic nitrogens is 2. The summed E-state index contributed by atoms with van der Waals surface area (Å²) >= 11 is 1.53. The third-order valence-corrected chi connectivity index (χ3v) is 2.85. The first-order valence-corrected chi connectivity index (χ1v) is 6.08. The Morgan fingerprint density at radius 1 is 1.29 bits per heavy atom. The van der Waals surface area contributed by atoms with Crippen molar-refractivity contribution >= 4 is 22.2 Å². The second-order valence-electron chi connectivity index (χ2n) is 3.47. The number of hydrogen-bond acceptors (Lipinski definition) is 6. The molecule has 0 aliphatic heterocycles. The van der Waals surface area contributed by atoms with Gasteiger partial charge in [0, 0.05) is 5.69 Å². The van der Waals surface area contributed by atoms with Gasteiger partial charge in [0.1, 0.15) is 17.4 Å². The summed E-state index contributed by atoms with van der Waals surface area (Å²) in [6.07, 6.45) is 0. The second kappa shape index (κ2) is 5.49. The molecule has 2 aromatic rings. The van der Waals surface area contributed by atoms with E-state index in [1.165, 1.54) is 11.3 Å². The third-order valence-electron chi connectivity index (χ3n) is 2.05. The Balaban J connectivity index is 1.71. The molecule has 0 atom stereocenters. The second-order valence-corrected chi connectivity index (χ2v) is 4.65. The van der Waals surface area contributed by atoms with Gasteiger partial charge in [0.15, 0.2) is 0 Å². The summed E-state index contributed by atoms with van der Waals surface area (Å²) in [5.41, 5.74) is 6.31. The highest BCUT2D eigenvalue weighted by molar-refractivity contribution is 7.15. The van der Waals surface area contributed by atoms with Crippen LogP contribution in [0.15, 0.2) is 24.3 Å². The number of benzene rings is 1. The van der Waals surface area contributed by atoms with Crippen LogP contribution in [-0.2, 0) is 0 Å². The van der Waals surface area contributed by atoms with Crippen molar-refractivity contribution in [3.8, 4) is 5.75 Å². The smallest absolute Gasteiger partial charge is 0.205 e. The molecule has 0 saturated heterocycles. The molecule has 2 rings (SSSR count). The maximum Gasteiger partial charge on any atom is 0.205 e. The molecule has 6 heteroatoms. The molecule has 17 heavy (non-hydrogen) atoms. The van der Waals surface area contributed by atoms with Crippen LogP contribution in [0, 0.1) is 6.92 Å². The van der Waals surface area contributed by atoms with Crippen molar-refractivity contribution in [2.75, 3.05) is 24.2 Å². The zero-order valence-corrected chi connectivity index (χ0v) is 10.3. The van der Waals surface area contributed by atoms with E-state index in [1.54, 1.807) is 0 Å². The highest BCUT2D eigenvalue weighted by Crippen LogP contribution is 2.14. The standard InChI is InChI=1S/C11H14N4OS/c1-8-14-15-11(17-8)13-6-7-16-10-4-2-9(12)3-5-10/h2-5H,6-7,12H2,1H3,(H,13,15). The first kappa shape index (κ1) is 11.7. The summed E-state index contributed by atoms with van der Waals surface area (Å²) in [4.78, 5) is 0. The molecule has 0 aliphatic rings. The van der Waals surface area contributed by atoms with Gasteiger partial charge in [-0.1, -0.05) is 11.3 Å². The number of ether oxygens (including phenoxy) is 1. The van der Waals surface area contributed by atoms with Crippen molar-refractivity contribution in [3.05, 3.63) is 29.3 Å².